The number of rotatable bonds is 5. The van der Waals surface area contributed by atoms with E-state index in [9.17, 15) is 9.59 Å². The zero-order valence-corrected chi connectivity index (χ0v) is 23.4. The minimum absolute atomic E-state index is 0.0637. The second kappa shape index (κ2) is 11.1. The molecule has 6 aliphatic heterocycles. The summed E-state index contributed by atoms with van der Waals surface area (Å²) in [5, 5.41) is 16.3. The summed E-state index contributed by atoms with van der Waals surface area (Å²) in [5.41, 5.74) is 3.21. The van der Waals surface area contributed by atoms with E-state index in [1.165, 1.54) is 0 Å². The average Bonchev–Trinajstić information content (AvgIpc) is 3.64. The van der Waals surface area contributed by atoms with Gasteiger partial charge in [0.2, 0.25) is 11.8 Å². The van der Waals surface area contributed by atoms with Crippen molar-refractivity contribution in [1.29, 1.82) is 0 Å². The maximum atomic E-state index is 13.6. The first-order valence-corrected chi connectivity index (χ1v) is 15.4. The minimum atomic E-state index is -0.120. The molecule has 37 heavy (non-hydrogen) atoms. The summed E-state index contributed by atoms with van der Waals surface area (Å²) in [5.74, 6) is 0.804. The lowest BCUT2D eigenvalue weighted by Gasteiger charge is -2.45. The van der Waals surface area contributed by atoms with Crippen LogP contribution >= 0.6 is 23.4 Å². The average molecular weight is 556 g/mol. The van der Waals surface area contributed by atoms with Gasteiger partial charge in [-0.05, 0) is 44.4 Å². The summed E-state index contributed by atoms with van der Waals surface area (Å²) in [6.07, 6.45) is 4.08. The molecule has 0 spiro atoms. The summed E-state index contributed by atoms with van der Waals surface area (Å²) in [7, 11) is 1.76. The normalized spacial score (nSPS) is 46.1. The molecule has 6 saturated heterocycles. The minimum Gasteiger partial charge on any atom is -0.380 e. The van der Waals surface area contributed by atoms with Crippen LogP contribution in [0.3, 0.4) is 0 Å². The molecule has 0 radical (unpaired) electrons. The first kappa shape index (κ1) is 26.6. The van der Waals surface area contributed by atoms with Crippen molar-refractivity contribution in [3.63, 3.8) is 0 Å². The van der Waals surface area contributed by atoms with Gasteiger partial charge in [0.15, 0.2) is 0 Å². The molecular weight excluding hydrogens is 514 g/mol. The Bertz CT molecular complexity index is 858. The first-order chi connectivity index (χ1) is 17.9. The number of likely N-dealkylation sites (tertiary alicyclic amines) is 1. The molecule has 6 heterocycles. The second-order valence-electron chi connectivity index (χ2n) is 11.8. The Labute approximate surface area is 229 Å². The lowest BCUT2D eigenvalue weighted by molar-refractivity contribution is -0.135. The number of fused-ring (bicyclic) bond motifs is 2. The van der Waals surface area contributed by atoms with Crippen LogP contribution in [0.1, 0.15) is 32.6 Å². The van der Waals surface area contributed by atoms with E-state index in [1.54, 1.807) is 18.9 Å². The number of amides is 2. The highest BCUT2D eigenvalue weighted by Gasteiger charge is 2.49. The monoisotopic (exact) mass is 555 g/mol. The van der Waals surface area contributed by atoms with Gasteiger partial charge in [0, 0.05) is 69.8 Å². The Morgan fingerprint density at radius 3 is 2.76 bits per heavy atom. The van der Waals surface area contributed by atoms with Crippen LogP contribution in [0.25, 0.3) is 0 Å². The predicted molar refractivity (Wildman–Crippen MR) is 144 cm³/mol. The molecule has 0 bridgehead atoms. The summed E-state index contributed by atoms with van der Waals surface area (Å²) in [6.45, 7) is 6.86. The highest BCUT2D eigenvalue weighted by molar-refractivity contribution is 8.00. The van der Waals surface area contributed by atoms with Crippen molar-refractivity contribution < 1.29 is 14.3 Å². The van der Waals surface area contributed by atoms with E-state index in [2.05, 4.69) is 43.5 Å². The molecule has 0 aromatic carbocycles. The number of hydrogen-bond acceptors (Lipinski definition) is 9. The van der Waals surface area contributed by atoms with Gasteiger partial charge >= 0.3 is 0 Å². The number of halogens is 1. The third-order valence-electron chi connectivity index (χ3n) is 9.64. The molecule has 5 N–H and O–H groups in total. The molecule has 6 aliphatic rings. The van der Waals surface area contributed by atoms with Crippen molar-refractivity contribution in [3.05, 3.63) is 0 Å². The van der Waals surface area contributed by atoms with Gasteiger partial charge in [-0.2, -0.15) is 0 Å². The number of carbonyl (C=O) groups is 2. The Morgan fingerprint density at radius 1 is 1.08 bits per heavy atom. The predicted octanol–water partition coefficient (Wildman–Crippen LogP) is -0.296. The smallest absolute Gasteiger partial charge is 0.228 e. The van der Waals surface area contributed by atoms with Gasteiger partial charge in [0.05, 0.1) is 23.4 Å². The largest absolute Gasteiger partial charge is 0.380 e. The van der Waals surface area contributed by atoms with Gasteiger partial charge in [-0.1, -0.05) is 0 Å². The molecular formula is C25H42ClN7O3S. The Morgan fingerprint density at radius 2 is 1.95 bits per heavy atom. The zero-order valence-electron chi connectivity index (χ0n) is 21.8. The van der Waals surface area contributed by atoms with Crippen molar-refractivity contribution in [2.24, 2.45) is 23.7 Å². The lowest BCUT2D eigenvalue weighted by Crippen LogP contribution is -2.57. The topological polar surface area (TPSA) is 110 Å². The molecule has 208 valence electrons. The van der Waals surface area contributed by atoms with Crippen LogP contribution < -0.4 is 26.7 Å². The highest BCUT2D eigenvalue weighted by atomic mass is 35.5. The van der Waals surface area contributed by atoms with Gasteiger partial charge in [-0.3, -0.25) is 25.6 Å². The number of ether oxygens (including phenoxy) is 1. The number of hydrazine groups is 1. The second-order valence-corrected chi connectivity index (χ2v) is 13.7. The molecule has 10 nitrogen and oxygen atoms in total. The number of alkyl halides is 1. The molecule has 0 saturated carbocycles. The van der Waals surface area contributed by atoms with Crippen LogP contribution in [-0.2, 0) is 14.3 Å². The molecule has 6 fully saturated rings. The Balaban J connectivity index is 1.04. The maximum Gasteiger partial charge on any atom is 0.228 e. The number of piperidine rings is 2. The SMILES string of the molecule is COC1CNC(Cl)CC1C1CC(C)NCC1C(=O)NC1NC2CN(C(=O)C3CNN4CCCC34)CC2S1. The zero-order chi connectivity index (χ0) is 25.7. The van der Waals surface area contributed by atoms with E-state index < -0.39 is 0 Å². The Hall–Kier alpha value is -0.660. The van der Waals surface area contributed by atoms with Crippen LogP contribution in [0.15, 0.2) is 0 Å². The number of methoxy groups -OCH3 is 1. The van der Waals surface area contributed by atoms with E-state index in [1.807, 2.05) is 0 Å². The molecule has 0 aromatic heterocycles. The number of nitrogens with one attached hydrogen (secondary N) is 5. The molecule has 11 unspecified atom stereocenters. The number of nitrogens with zero attached hydrogens (tertiary/aromatic N) is 2. The molecule has 11 atom stereocenters. The van der Waals surface area contributed by atoms with Gasteiger partial charge in [0.25, 0.3) is 0 Å². The van der Waals surface area contributed by atoms with Crippen LogP contribution in [0, 0.1) is 23.7 Å². The molecule has 0 aromatic rings. The third kappa shape index (κ3) is 5.27. The van der Waals surface area contributed by atoms with E-state index in [0.29, 0.717) is 23.9 Å². The number of hydrogen-bond donors (Lipinski definition) is 5. The fourth-order valence-electron chi connectivity index (χ4n) is 7.69. The van der Waals surface area contributed by atoms with Crippen molar-refractivity contribution in [1.82, 2.24) is 36.6 Å². The fraction of sp³-hybridized carbons (Fsp3) is 0.920. The third-order valence-corrected chi connectivity index (χ3v) is 11.3. The molecule has 2 amide bonds. The van der Waals surface area contributed by atoms with Crippen LogP contribution in [-0.4, -0.2) is 109 Å². The Kier molecular flexibility index (Phi) is 7.95. The van der Waals surface area contributed by atoms with E-state index in [0.717, 1.165) is 58.4 Å². The number of thioether (sulfide) groups is 1. The summed E-state index contributed by atoms with van der Waals surface area (Å²) in [4.78, 5) is 28.9. The van der Waals surface area contributed by atoms with Crippen molar-refractivity contribution in [2.45, 2.75) is 73.1 Å². The van der Waals surface area contributed by atoms with Gasteiger partial charge in [-0.15, -0.1) is 23.4 Å². The van der Waals surface area contributed by atoms with Crippen LogP contribution in [0.2, 0.25) is 0 Å². The van der Waals surface area contributed by atoms with E-state index in [-0.39, 0.29) is 58.6 Å². The van der Waals surface area contributed by atoms with Gasteiger partial charge < -0.3 is 20.3 Å². The van der Waals surface area contributed by atoms with Crippen molar-refractivity contribution >= 4 is 35.2 Å². The quantitative estimate of drug-likeness (QED) is 0.231. The van der Waals surface area contributed by atoms with Crippen molar-refractivity contribution in [3.8, 4) is 0 Å². The number of carbonyl (C=O) groups excluding carboxylic acids is 2. The lowest BCUT2D eigenvalue weighted by atomic mass is 9.70. The summed E-state index contributed by atoms with van der Waals surface area (Å²) < 4.78 is 5.81. The van der Waals surface area contributed by atoms with Crippen molar-refractivity contribution in [2.75, 3.05) is 46.4 Å². The molecule has 12 heteroatoms. The first-order valence-electron chi connectivity index (χ1n) is 14.1. The fourth-order valence-corrected chi connectivity index (χ4v) is 9.39. The van der Waals surface area contributed by atoms with Crippen LogP contribution in [0.5, 0.6) is 0 Å². The molecule has 6 rings (SSSR count). The standard InChI is InChI=1S/C25H42ClN7O3S/c1-13-6-14(15-7-22(26)28-10-20(15)36-2)16(8-27-13)23(34)31-25-30-18-11-32(12-21(18)37-25)24(35)17-9-29-33-5-3-4-19(17)33/h13-22,25,27-30H,3-12H2,1-2H3,(H,31,34). The van der Waals surface area contributed by atoms with E-state index >= 15 is 0 Å². The summed E-state index contributed by atoms with van der Waals surface area (Å²) in [6, 6.07) is 0.934. The van der Waals surface area contributed by atoms with E-state index in [4.69, 9.17) is 16.3 Å². The highest BCUT2D eigenvalue weighted by Crippen LogP contribution is 2.39. The summed E-state index contributed by atoms with van der Waals surface area (Å²) >= 11 is 8.24. The maximum absolute atomic E-state index is 13.6. The van der Waals surface area contributed by atoms with Crippen LogP contribution in [0.4, 0.5) is 0 Å². The van der Waals surface area contributed by atoms with Gasteiger partial charge in [0.1, 0.15) is 5.50 Å². The molecule has 0 aliphatic carbocycles. The van der Waals surface area contributed by atoms with Gasteiger partial charge in [-0.25, -0.2) is 5.01 Å².